The minimum absolute atomic E-state index is 0.0628. The van der Waals surface area contributed by atoms with E-state index >= 15 is 0 Å². The van der Waals surface area contributed by atoms with Crippen LogP contribution in [0.1, 0.15) is 20.8 Å². The third kappa shape index (κ3) is 3.15. The van der Waals surface area contributed by atoms with Crippen LogP contribution in [0.2, 0.25) is 5.02 Å². The van der Waals surface area contributed by atoms with Gasteiger partial charge in [0.1, 0.15) is 5.69 Å². The molecule has 0 saturated heterocycles. The van der Waals surface area contributed by atoms with Gasteiger partial charge in [-0.15, -0.1) is 0 Å². The van der Waals surface area contributed by atoms with Crippen molar-refractivity contribution in [1.82, 2.24) is 4.98 Å². The second-order valence-electron chi connectivity index (χ2n) is 3.69. The summed E-state index contributed by atoms with van der Waals surface area (Å²) in [6.07, 6.45) is 1.62. The number of hydrogen-bond acceptors (Lipinski definition) is 2. The normalized spacial score (nSPS) is 10.2. The van der Waals surface area contributed by atoms with Gasteiger partial charge in [-0.3, -0.25) is 4.79 Å². The monoisotopic (exact) mass is 342 g/mol. The number of H-pyrrole nitrogens is 1. The van der Waals surface area contributed by atoms with E-state index in [0.29, 0.717) is 11.4 Å². The van der Waals surface area contributed by atoms with Crippen LogP contribution in [-0.4, -0.2) is 22.0 Å². The van der Waals surface area contributed by atoms with Gasteiger partial charge in [-0.25, -0.2) is 4.79 Å². The zero-order valence-corrected chi connectivity index (χ0v) is 11.7. The van der Waals surface area contributed by atoms with E-state index in [1.165, 1.54) is 18.2 Å². The van der Waals surface area contributed by atoms with Gasteiger partial charge in [-0.2, -0.15) is 0 Å². The fraction of sp³-hybridized carbons (Fsp3) is 0. The molecule has 19 heavy (non-hydrogen) atoms. The minimum Gasteiger partial charge on any atom is -0.478 e. The molecule has 98 valence electrons. The first-order valence-electron chi connectivity index (χ1n) is 5.15. The average molecular weight is 344 g/mol. The molecule has 0 aliphatic heterocycles. The van der Waals surface area contributed by atoms with Crippen LogP contribution in [0.15, 0.2) is 34.9 Å². The standard InChI is InChI=1S/C12H8BrClN2O3/c13-6-3-10(15-5-6)11(17)16-7-1-2-9(14)8(4-7)12(18)19/h1-5,15H,(H,16,17)(H,18,19). The summed E-state index contributed by atoms with van der Waals surface area (Å²) in [6, 6.07) is 5.87. The van der Waals surface area contributed by atoms with E-state index in [9.17, 15) is 9.59 Å². The van der Waals surface area contributed by atoms with Gasteiger partial charge < -0.3 is 15.4 Å². The number of aromatic nitrogens is 1. The van der Waals surface area contributed by atoms with Crippen LogP contribution in [0.4, 0.5) is 5.69 Å². The molecule has 0 unspecified atom stereocenters. The number of carbonyl (C=O) groups is 2. The van der Waals surface area contributed by atoms with Gasteiger partial charge in [-0.05, 0) is 40.2 Å². The van der Waals surface area contributed by atoms with Crippen molar-refractivity contribution >= 4 is 45.1 Å². The number of nitrogens with one attached hydrogen (secondary N) is 2. The zero-order chi connectivity index (χ0) is 14.0. The molecular formula is C12H8BrClN2O3. The Labute approximate surface area is 121 Å². The van der Waals surface area contributed by atoms with Crippen LogP contribution in [0.5, 0.6) is 0 Å². The van der Waals surface area contributed by atoms with Crippen LogP contribution in [-0.2, 0) is 0 Å². The predicted molar refractivity (Wildman–Crippen MR) is 74.9 cm³/mol. The largest absolute Gasteiger partial charge is 0.478 e. The third-order valence-corrected chi connectivity index (χ3v) is 3.13. The van der Waals surface area contributed by atoms with Crippen LogP contribution in [0.3, 0.4) is 0 Å². The van der Waals surface area contributed by atoms with E-state index in [1.807, 2.05) is 0 Å². The minimum atomic E-state index is -1.15. The highest BCUT2D eigenvalue weighted by Crippen LogP contribution is 2.21. The molecule has 0 spiro atoms. The molecule has 0 radical (unpaired) electrons. The number of aromatic carboxylic acids is 1. The number of halogens is 2. The topological polar surface area (TPSA) is 82.2 Å². The maximum Gasteiger partial charge on any atom is 0.337 e. The fourth-order valence-electron chi connectivity index (χ4n) is 1.46. The smallest absolute Gasteiger partial charge is 0.337 e. The second kappa shape index (κ2) is 5.46. The Morgan fingerprint density at radius 2 is 2.05 bits per heavy atom. The number of carbonyl (C=O) groups excluding carboxylic acids is 1. The van der Waals surface area contributed by atoms with E-state index in [0.717, 1.165) is 4.47 Å². The van der Waals surface area contributed by atoms with Gasteiger partial charge in [0, 0.05) is 16.4 Å². The number of aromatic amines is 1. The predicted octanol–water partition coefficient (Wildman–Crippen LogP) is 3.38. The summed E-state index contributed by atoms with van der Waals surface area (Å²) in [5.41, 5.74) is 0.656. The van der Waals surface area contributed by atoms with Crippen LogP contribution < -0.4 is 5.32 Å². The number of amides is 1. The Bertz CT molecular complexity index is 654. The van der Waals surface area contributed by atoms with Crippen molar-refractivity contribution in [2.75, 3.05) is 5.32 Å². The van der Waals surface area contributed by atoms with E-state index < -0.39 is 5.97 Å². The molecular weight excluding hydrogens is 336 g/mol. The van der Waals surface area contributed by atoms with Crippen molar-refractivity contribution in [2.24, 2.45) is 0 Å². The van der Waals surface area contributed by atoms with Gasteiger partial charge in [0.05, 0.1) is 10.6 Å². The van der Waals surface area contributed by atoms with Gasteiger partial charge in [0.15, 0.2) is 0 Å². The van der Waals surface area contributed by atoms with Crippen molar-refractivity contribution in [1.29, 1.82) is 0 Å². The van der Waals surface area contributed by atoms with Crippen molar-refractivity contribution in [3.05, 3.63) is 51.2 Å². The molecule has 1 amide bonds. The Morgan fingerprint density at radius 3 is 2.63 bits per heavy atom. The van der Waals surface area contributed by atoms with Crippen molar-refractivity contribution in [3.63, 3.8) is 0 Å². The molecule has 5 nitrogen and oxygen atoms in total. The van der Waals surface area contributed by atoms with Crippen molar-refractivity contribution in [3.8, 4) is 0 Å². The lowest BCUT2D eigenvalue weighted by Crippen LogP contribution is -2.12. The molecule has 0 aliphatic carbocycles. The number of carboxylic acid groups (broad SMARTS) is 1. The molecule has 0 bridgehead atoms. The van der Waals surface area contributed by atoms with E-state index in [4.69, 9.17) is 16.7 Å². The highest BCUT2D eigenvalue weighted by atomic mass is 79.9. The van der Waals surface area contributed by atoms with Crippen LogP contribution in [0, 0.1) is 0 Å². The van der Waals surface area contributed by atoms with E-state index in [-0.39, 0.29) is 16.5 Å². The average Bonchev–Trinajstić information content (AvgIpc) is 2.78. The molecule has 1 heterocycles. The molecule has 2 aromatic rings. The molecule has 0 saturated carbocycles. The van der Waals surface area contributed by atoms with Gasteiger partial charge in [0.25, 0.3) is 5.91 Å². The van der Waals surface area contributed by atoms with E-state index in [2.05, 4.69) is 26.2 Å². The lowest BCUT2D eigenvalue weighted by molar-refractivity contribution is 0.0696. The van der Waals surface area contributed by atoms with Crippen LogP contribution >= 0.6 is 27.5 Å². The molecule has 0 atom stereocenters. The molecule has 0 fully saturated rings. The SMILES string of the molecule is O=C(Nc1ccc(Cl)c(C(=O)O)c1)c1cc(Br)c[nH]1. The van der Waals surface area contributed by atoms with Gasteiger partial charge in [-0.1, -0.05) is 11.6 Å². The number of benzene rings is 1. The summed E-state index contributed by atoms with van der Waals surface area (Å²) in [7, 11) is 0. The first kappa shape index (κ1) is 13.6. The Morgan fingerprint density at radius 1 is 1.32 bits per heavy atom. The lowest BCUT2D eigenvalue weighted by Gasteiger charge is -2.06. The van der Waals surface area contributed by atoms with Crippen molar-refractivity contribution in [2.45, 2.75) is 0 Å². The first-order chi connectivity index (χ1) is 8.97. The van der Waals surface area contributed by atoms with Gasteiger partial charge in [0.2, 0.25) is 0 Å². The number of anilines is 1. The highest BCUT2D eigenvalue weighted by molar-refractivity contribution is 9.10. The third-order valence-electron chi connectivity index (χ3n) is 2.35. The number of carboxylic acids is 1. The lowest BCUT2D eigenvalue weighted by atomic mass is 10.2. The molecule has 2 rings (SSSR count). The summed E-state index contributed by atoms with van der Waals surface area (Å²) in [5.74, 6) is -1.52. The number of rotatable bonds is 3. The quantitative estimate of drug-likeness (QED) is 0.799. The molecule has 1 aromatic carbocycles. The summed E-state index contributed by atoms with van der Waals surface area (Å²) in [5, 5.41) is 11.6. The molecule has 0 aliphatic rings. The number of hydrogen-bond donors (Lipinski definition) is 3. The Kier molecular flexibility index (Phi) is 3.92. The second-order valence-corrected chi connectivity index (χ2v) is 5.01. The zero-order valence-electron chi connectivity index (χ0n) is 9.41. The molecule has 3 N–H and O–H groups in total. The maximum atomic E-state index is 11.8. The fourth-order valence-corrected chi connectivity index (χ4v) is 2.01. The molecule has 1 aromatic heterocycles. The Balaban J connectivity index is 2.22. The summed E-state index contributed by atoms with van der Waals surface area (Å²) < 4.78 is 0.750. The summed E-state index contributed by atoms with van der Waals surface area (Å²) in [4.78, 5) is 25.5. The van der Waals surface area contributed by atoms with Crippen LogP contribution in [0.25, 0.3) is 0 Å². The molecule has 7 heteroatoms. The van der Waals surface area contributed by atoms with Crippen molar-refractivity contribution < 1.29 is 14.7 Å². The highest BCUT2D eigenvalue weighted by Gasteiger charge is 2.12. The maximum absolute atomic E-state index is 11.8. The first-order valence-corrected chi connectivity index (χ1v) is 6.32. The summed E-state index contributed by atoms with van der Waals surface area (Å²) in [6.45, 7) is 0. The Hall–Kier alpha value is -1.79. The summed E-state index contributed by atoms with van der Waals surface area (Å²) >= 11 is 8.96. The van der Waals surface area contributed by atoms with E-state index in [1.54, 1.807) is 12.3 Å². The van der Waals surface area contributed by atoms with Gasteiger partial charge >= 0.3 is 5.97 Å².